The molecule has 0 unspecified atom stereocenters. The summed E-state index contributed by atoms with van der Waals surface area (Å²) in [6.07, 6.45) is -7.02. The molecule has 5 N–H and O–H groups in total. The van der Waals surface area contributed by atoms with Crippen LogP contribution in [-0.4, -0.2) is 57.5 Å². The minimum Gasteiger partial charge on any atom is -0.790 e. The molecule has 0 rings (SSSR count). The molecule has 0 aliphatic rings. The van der Waals surface area contributed by atoms with Crippen LogP contribution in [-0.2, 0) is 18.7 Å². The maximum Gasteiger partial charge on any atom is 1.00 e. The molecule has 0 radical (unpaired) electrons. The average molecular weight is 312 g/mol. The van der Waals surface area contributed by atoms with Gasteiger partial charge in [0.25, 0.3) is 0 Å². The third-order valence-corrected chi connectivity index (χ3v) is 2.06. The summed E-state index contributed by atoms with van der Waals surface area (Å²) in [5.74, 6) is -4.22. The second-order valence-corrected chi connectivity index (χ2v) is 4.05. The molecule has 0 heterocycles. The number of ketones is 1. The van der Waals surface area contributed by atoms with Crippen molar-refractivity contribution in [2.24, 2.45) is 0 Å². The predicted molar refractivity (Wildman–Crippen MR) is 45.2 cm³/mol. The van der Waals surface area contributed by atoms with Crippen molar-refractivity contribution in [3.63, 3.8) is 0 Å². The molecule has 13 heteroatoms. The molecule has 108 valence electrons. The van der Waals surface area contributed by atoms with Gasteiger partial charge in [-0.2, -0.15) is 0 Å². The number of hydrogen-bond acceptors (Lipinski definition) is 10. The first kappa shape index (κ1) is 24.1. The van der Waals surface area contributed by atoms with Crippen molar-refractivity contribution in [3.8, 4) is 0 Å². The van der Waals surface area contributed by atoms with Crippen LogP contribution in [0.2, 0.25) is 0 Å². The van der Waals surface area contributed by atoms with E-state index in [1.807, 2.05) is 0 Å². The molecule has 0 aromatic carbocycles. The van der Waals surface area contributed by atoms with Crippen molar-refractivity contribution in [1.29, 1.82) is 0 Å². The number of Topliss-reactive ketones (excluding diaryl/α,β-unsaturated/α-hetero) is 1. The molecule has 0 spiro atoms. The van der Waals surface area contributed by atoms with Crippen molar-refractivity contribution >= 4 is 19.6 Å². The Morgan fingerprint density at radius 2 is 1.63 bits per heavy atom. The summed E-state index contributed by atoms with van der Waals surface area (Å²) in [6, 6.07) is 0. The van der Waals surface area contributed by atoms with Gasteiger partial charge in [0, 0.05) is 0 Å². The molecule has 0 saturated heterocycles. The Hall–Kier alpha value is 0.0900. The number of aliphatic carboxylic acids is 1. The largest absolute Gasteiger partial charge is 1.00 e. The minimum absolute atomic E-state index is 0. The molecule has 0 aliphatic carbocycles. The zero-order valence-electron chi connectivity index (χ0n) is 9.59. The van der Waals surface area contributed by atoms with Gasteiger partial charge in [0.05, 0.1) is 14.4 Å². The average Bonchev–Trinajstić information content (AvgIpc) is 2.21. The molecule has 19 heavy (non-hydrogen) atoms. The molecule has 0 amide bonds. The molecule has 0 fully saturated rings. The van der Waals surface area contributed by atoms with Gasteiger partial charge in [-0.1, -0.05) is 0 Å². The normalized spacial score (nSPS) is 15.4. The van der Waals surface area contributed by atoms with E-state index in [1.165, 1.54) is 0 Å². The van der Waals surface area contributed by atoms with Gasteiger partial charge in [0.1, 0.15) is 24.3 Å². The van der Waals surface area contributed by atoms with E-state index in [2.05, 4.69) is 4.52 Å². The smallest absolute Gasteiger partial charge is 0.790 e. The van der Waals surface area contributed by atoms with Crippen LogP contribution in [0.25, 0.3) is 0 Å². The molecule has 0 saturated carbocycles. The first-order valence-corrected chi connectivity index (χ1v) is 5.48. The van der Waals surface area contributed by atoms with Crippen LogP contribution in [0.1, 0.15) is 0 Å². The monoisotopic (exact) mass is 312 g/mol. The molecule has 11 nitrogen and oxygen atoms in total. The van der Waals surface area contributed by atoms with E-state index in [4.69, 9.17) is 15.3 Å². The summed E-state index contributed by atoms with van der Waals surface area (Å²) in [7, 11) is -5.40. The van der Waals surface area contributed by atoms with E-state index in [0.717, 1.165) is 0 Å². The third-order valence-electron chi connectivity index (χ3n) is 1.59. The molecule has 3 atom stereocenters. The topological polar surface area (TPSA) is 222 Å². The third kappa shape index (κ3) is 9.60. The van der Waals surface area contributed by atoms with Crippen molar-refractivity contribution in [2.45, 2.75) is 18.3 Å². The zero-order valence-corrected chi connectivity index (χ0v) is 12.5. The van der Waals surface area contributed by atoms with E-state index in [1.54, 1.807) is 0 Å². The summed E-state index contributed by atoms with van der Waals surface area (Å²) in [5.41, 5.74) is 0. The van der Waals surface area contributed by atoms with E-state index in [0.29, 0.717) is 0 Å². The molecule has 0 aromatic rings. The maximum absolute atomic E-state index is 10.6. The van der Waals surface area contributed by atoms with Gasteiger partial charge in [-0.05, 0) is 0 Å². The van der Waals surface area contributed by atoms with Crippen LogP contribution in [0, 0.1) is 0 Å². The summed E-state index contributed by atoms with van der Waals surface area (Å²) < 4.78 is 13.5. The van der Waals surface area contributed by atoms with Crippen molar-refractivity contribution in [1.82, 2.24) is 0 Å². The zero-order chi connectivity index (χ0) is 13.8. The van der Waals surface area contributed by atoms with Crippen molar-refractivity contribution in [2.75, 3.05) is 6.61 Å². The number of aliphatic hydroxyl groups is 3. The van der Waals surface area contributed by atoms with E-state index in [9.17, 15) is 29.0 Å². The Labute approximate surface area is 128 Å². The number of carbonyl (C=O) groups is 2. The number of phosphoric ester groups is 1. The van der Waals surface area contributed by atoms with Crippen LogP contribution >= 0.6 is 7.82 Å². The molecular weight excluding hydrogens is 302 g/mol. The Kier molecular flexibility index (Phi) is 12.6. The number of hydrogen-bond donors (Lipinski definition) is 3. The minimum atomic E-state index is -5.40. The molecular formula is C6H10NaO11P-2. The van der Waals surface area contributed by atoms with E-state index < -0.39 is 44.5 Å². The van der Waals surface area contributed by atoms with Crippen molar-refractivity contribution < 1.29 is 83.9 Å². The summed E-state index contributed by atoms with van der Waals surface area (Å²) >= 11 is 0. The van der Waals surface area contributed by atoms with E-state index in [-0.39, 0.29) is 35.0 Å². The van der Waals surface area contributed by atoms with Crippen LogP contribution in [0.15, 0.2) is 0 Å². The maximum atomic E-state index is 10.6. The number of rotatable bonds is 7. The first-order valence-electron chi connectivity index (χ1n) is 4.02. The van der Waals surface area contributed by atoms with Gasteiger partial charge in [-0.25, -0.2) is 0 Å². The summed E-state index contributed by atoms with van der Waals surface area (Å²) in [5, 5.41) is 36.9. The molecule has 0 aliphatic heterocycles. The fourth-order valence-electron chi connectivity index (χ4n) is 0.753. The Morgan fingerprint density at radius 1 is 1.21 bits per heavy atom. The Morgan fingerprint density at radius 3 is 1.95 bits per heavy atom. The van der Waals surface area contributed by atoms with Crippen LogP contribution in [0.3, 0.4) is 0 Å². The van der Waals surface area contributed by atoms with Gasteiger partial charge in [0.2, 0.25) is 5.78 Å². The Balaban J connectivity index is -0.00000128. The predicted octanol–water partition coefficient (Wildman–Crippen LogP) is -9.59. The van der Waals surface area contributed by atoms with Gasteiger partial charge in [0.15, 0.2) is 0 Å². The second kappa shape index (κ2) is 9.91. The Bertz CT molecular complexity index is 340. The number of carboxylic acid groups (broad SMARTS) is 1. The van der Waals surface area contributed by atoms with Crippen LogP contribution < -0.4 is 44.5 Å². The van der Waals surface area contributed by atoms with Crippen LogP contribution in [0.5, 0.6) is 0 Å². The quantitative estimate of drug-likeness (QED) is 0.228. The number of phosphoric acid groups is 1. The van der Waals surface area contributed by atoms with Gasteiger partial charge < -0.3 is 49.6 Å². The van der Waals surface area contributed by atoms with Gasteiger partial charge in [-0.3, -0.25) is 4.79 Å². The summed E-state index contributed by atoms with van der Waals surface area (Å²) in [6.45, 7) is -1.23. The molecule has 0 aromatic heterocycles. The second-order valence-electron chi connectivity index (χ2n) is 2.90. The van der Waals surface area contributed by atoms with Gasteiger partial charge in [-0.15, -0.1) is 0 Å². The standard InChI is InChI=1S/C6H11O10P.Na.H2O/c7-2(1-16-17(13,14)15)3(8)4(9)5(10)6(11)12;;/h2-4,7-9H,1H2,(H,11,12)(H2,13,14,15);;1H2/q;+1;/p-3/t2-,3-,4+;;/m1../s1. The fourth-order valence-corrected chi connectivity index (χ4v) is 1.09. The number of carbonyl (C=O) groups excluding carboxylic acids is 2. The number of aliphatic hydroxyl groups excluding tert-OH is 3. The summed E-state index contributed by atoms with van der Waals surface area (Å²) in [4.78, 5) is 40.6. The van der Waals surface area contributed by atoms with Crippen LogP contribution in [0.4, 0.5) is 0 Å². The van der Waals surface area contributed by atoms with Crippen molar-refractivity contribution in [3.05, 3.63) is 0 Å². The molecule has 0 bridgehead atoms. The first-order chi connectivity index (χ1) is 7.56. The van der Waals surface area contributed by atoms with E-state index >= 15 is 0 Å². The van der Waals surface area contributed by atoms with Gasteiger partial charge >= 0.3 is 29.6 Å². The fraction of sp³-hybridized carbons (Fsp3) is 0.667. The SMILES string of the molecule is O.O=C([O-])C(=O)[C@@H](O)[C@H](O)[C@H](O)COP(=O)([O-])[O-].[Na+]. The number of carboxylic acids is 1.